The van der Waals surface area contributed by atoms with E-state index in [-0.39, 0.29) is 11.9 Å². The van der Waals surface area contributed by atoms with E-state index >= 15 is 0 Å². The van der Waals surface area contributed by atoms with Gasteiger partial charge in [-0.15, -0.1) is 0 Å². The molecule has 23 heavy (non-hydrogen) atoms. The van der Waals surface area contributed by atoms with Crippen molar-refractivity contribution in [1.82, 2.24) is 0 Å². The zero-order valence-corrected chi connectivity index (χ0v) is 13.1. The average Bonchev–Trinajstić information content (AvgIpc) is 2.92. The third kappa shape index (κ3) is 1.38. The molecule has 5 atom stereocenters. The fourth-order valence-corrected chi connectivity index (χ4v) is 4.25. The summed E-state index contributed by atoms with van der Waals surface area (Å²) in [6, 6.07) is 11.6. The predicted molar refractivity (Wildman–Crippen MR) is 79.7 cm³/mol. The van der Waals surface area contributed by atoms with Crippen molar-refractivity contribution in [3.05, 3.63) is 34.9 Å². The van der Waals surface area contributed by atoms with Gasteiger partial charge in [0.2, 0.25) is 0 Å². The summed E-state index contributed by atoms with van der Waals surface area (Å²) in [6.07, 6.45) is -0.193. The van der Waals surface area contributed by atoms with Crippen LogP contribution in [0.5, 0.6) is 0 Å². The molecule has 0 aromatic heterocycles. The van der Waals surface area contributed by atoms with E-state index in [0.29, 0.717) is 11.6 Å². The molecule has 1 aromatic carbocycles. The quantitative estimate of drug-likeness (QED) is 0.754. The summed E-state index contributed by atoms with van der Waals surface area (Å²) in [5, 5.41) is 20.4. The molecule has 4 rings (SSSR count). The maximum absolute atomic E-state index is 9.98. The van der Waals surface area contributed by atoms with Gasteiger partial charge in [0, 0.05) is 10.9 Å². The highest BCUT2D eigenvalue weighted by molar-refractivity contribution is 6.30. The number of nitrogens with two attached hydrogens (primary N) is 1. The second-order valence-electron chi connectivity index (χ2n) is 6.22. The van der Waals surface area contributed by atoms with Gasteiger partial charge < -0.3 is 9.47 Å². The van der Waals surface area contributed by atoms with Crippen LogP contribution in [0.4, 0.5) is 0 Å². The van der Waals surface area contributed by atoms with Crippen LogP contribution in [0, 0.1) is 33.5 Å². The van der Waals surface area contributed by atoms with E-state index in [4.69, 9.17) is 26.8 Å². The number of nitrogens with zero attached hydrogens (tertiary/aromatic N) is 2. The number of amidine groups is 1. The molecule has 1 aromatic rings. The van der Waals surface area contributed by atoms with Crippen LogP contribution in [-0.2, 0) is 9.47 Å². The predicted octanol–water partition coefficient (Wildman–Crippen LogP) is -0.00234. The SMILES string of the molecule is C[C@@H]1CO[C@]2([NH+]=C(N)[C@@]3(C#N)[C@@H](c4ccc(Cl)cc4)[C@@]23C#N)O1. The van der Waals surface area contributed by atoms with Gasteiger partial charge >= 0.3 is 5.91 Å². The van der Waals surface area contributed by atoms with E-state index in [1.165, 1.54) is 0 Å². The molecule has 1 aliphatic carbocycles. The van der Waals surface area contributed by atoms with Crippen LogP contribution in [0.2, 0.25) is 5.02 Å². The van der Waals surface area contributed by atoms with Crippen LogP contribution in [0.3, 0.4) is 0 Å². The molecule has 7 heteroatoms. The van der Waals surface area contributed by atoms with Crippen molar-refractivity contribution >= 4 is 17.4 Å². The average molecular weight is 330 g/mol. The Bertz CT molecular complexity index is 811. The largest absolute Gasteiger partial charge is 0.343 e. The van der Waals surface area contributed by atoms with Crippen molar-refractivity contribution in [2.24, 2.45) is 16.6 Å². The van der Waals surface area contributed by atoms with Crippen molar-refractivity contribution in [3.63, 3.8) is 0 Å². The summed E-state index contributed by atoms with van der Waals surface area (Å²) in [7, 11) is 0. The first kappa shape index (κ1) is 14.5. The van der Waals surface area contributed by atoms with Crippen LogP contribution >= 0.6 is 11.6 Å². The van der Waals surface area contributed by atoms with Gasteiger partial charge in [-0.25, -0.2) is 4.99 Å². The third-order valence-electron chi connectivity index (χ3n) is 5.09. The summed E-state index contributed by atoms with van der Waals surface area (Å²) < 4.78 is 11.7. The molecule has 0 unspecified atom stereocenters. The van der Waals surface area contributed by atoms with E-state index in [2.05, 4.69) is 17.1 Å². The summed E-state index contributed by atoms with van der Waals surface area (Å²) in [6.45, 7) is 2.18. The molecule has 3 aliphatic rings. The van der Waals surface area contributed by atoms with Crippen LogP contribution in [-0.4, -0.2) is 24.5 Å². The number of benzene rings is 1. The summed E-state index contributed by atoms with van der Waals surface area (Å²) >= 11 is 5.94. The summed E-state index contributed by atoms with van der Waals surface area (Å²) in [5.41, 5.74) is 4.54. The van der Waals surface area contributed by atoms with Gasteiger partial charge in [-0.05, 0) is 24.6 Å². The molecule has 2 aliphatic heterocycles. The Labute approximate surface area is 138 Å². The molecule has 6 nitrogen and oxygen atoms in total. The molecular weight excluding hydrogens is 316 g/mol. The summed E-state index contributed by atoms with van der Waals surface area (Å²) in [4.78, 5) is 2.93. The molecule has 2 fully saturated rings. The topological polar surface area (TPSA) is 106 Å². The lowest BCUT2D eigenvalue weighted by atomic mass is 9.94. The van der Waals surface area contributed by atoms with E-state index in [9.17, 15) is 10.5 Å². The van der Waals surface area contributed by atoms with Crippen LogP contribution in [0.1, 0.15) is 18.4 Å². The van der Waals surface area contributed by atoms with Crippen molar-refractivity contribution in [1.29, 1.82) is 10.5 Å². The Kier molecular flexibility index (Phi) is 2.67. The van der Waals surface area contributed by atoms with Crippen molar-refractivity contribution in [2.75, 3.05) is 6.61 Å². The van der Waals surface area contributed by atoms with Crippen LogP contribution in [0.25, 0.3) is 0 Å². The first-order valence-corrected chi connectivity index (χ1v) is 7.66. The van der Waals surface area contributed by atoms with Crippen LogP contribution in [0.15, 0.2) is 24.3 Å². The van der Waals surface area contributed by atoms with Crippen molar-refractivity contribution < 1.29 is 14.5 Å². The van der Waals surface area contributed by atoms with Gasteiger partial charge in [-0.2, -0.15) is 10.5 Å². The standard InChI is InChI=1S/C16H13ClN4O2/c1-9-6-22-16(23-9)15(8-19)12(10-2-4-11(17)5-3-10)14(15,7-18)13(20)21-16/h2-5,9,12H,6H2,1H3,(H2,20,21)/p+1/t9-,12-,14-,15-,16+/m1/s1. The number of hydrogen-bond donors (Lipinski definition) is 2. The van der Waals surface area contributed by atoms with E-state index < -0.39 is 22.7 Å². The first-order chi connectivity index (χ1) is 11.0. The van der Waals surface area contributed by atoms with Crippen molar-refractivity contribution in [2.45, 2.75) is 24.9 Å². The minimum atomic E-state index is -1.38. The highest BCUT2D eigenvalue weighted by Crippen LogP contribution is 2.79. The molecule has 2 heterocycles. The van der Waals surface area contributed by atoms with Gasteiger partial charge in [0.05, 0.1) is 24.8 Å². The fraction of sp³-hybridized carbons (Fsp3) is 0.438. The van der Waals surface area contributed by atoms with Gasteiger partial charge in [0.1, 0.15) is 0 Å². The van der Waals surface area contributed by atoms with Gasteiger partial charge in [-0.1, -0.05) is 23.7 Å². The Morgan fingerprint density at radius 2 is 2.00 bits per heavy atom. The number of rotatable bonds is 1. The molecular formula is C16H14ClN4O2+. The minimum absolute atomic E-state index is 0.193. The van der Waals surface area contributed by atoms with E-state index in [1.807, 2.05) is 19.1 Å². The monoisotopic (exact) mass is 329 g/mol. The van der Waals surface area contributed by atoms with Gasteiger partial charge in [0.25, 0.3) is 5.84 Å². The summed E-state index contributed by atoms with van der Waals surface area (Å²) in [5.74, 6) is -1.60. The lowest BCUT2D eigenvalue weighted by Gasteiger charge is -2.23. The molecule has 0 radical (unpaired) electrons. The number of nitrogens with one attached hydrogen (secondary N) is 1. The van der Waals surface area contributed by atoms with E-state index in [0.717, 1.165) is 5.56 Å². The Morgan fingerprint density at radius 1 is 1.30 bits per heavy atom. The second-order valence-corrected chi connectivity index (χ2v) is 6.66. The van der Waals surface area contributed by atoms with Gasteiger partial charge in [-0.3, -0.25) is 5.73 Å². The molecule has 1 saturated heterocycles. The number of halogens is 1. The van der Waals surface area contributed by atoms with E-state index in [1.54, 1.807) is 12.1 Å². The van der Waals surface area contributed by atoms with Gasteiger partial charge in [0.15, 0.2) is 10.8 Å². The lowest BCUT2D eigenvalue weighted by molar-refractivity contribution is -0.677. The highest BCUT2D eigenvalue weighted by Gasteiger charge is 2.97. The molecule has 3 N–H and O–H groups in total. The molecule has 1 spiro atoms. The molecule has 116 valence electrons. The zero-order valence-electron chi connectivity index (χ0n) is 12.3. The third-order valence-corrected chi connectivity index (χ3v) is 5.34. The normalized spacial score (nSPS) is 43.6. The smallest absolute Gasteiger partial charge is 0.311 e. The minimum Gasteiger partial charge on any atom is -0.311 e. The van der Waals surface area contributed by atoms with Crippen molar-refractivity contribution in [3.8, 4) is 12.1 Å². The zero-order chi connectivity index (χ0) is 16.5. The fourth-order valence-electron chi connectivity index (χ4n) is 4.12. The molecule has 0 amide bonds. The maximum atomic E-state index is 9.98. The lowest BCUT2D eigenvalue weighted by Crippen LogP contribution is -2.90. The Hall–Kier alpha value is -2.12. The number of fused-ring (bicyclic) bond motifs is 2. The number of nitriles is 2. The number of hydrogen-bond acceptors (Lipinski definition) is 5. The maximum Gasteiger partial charge on any atom is 0.343 e. The second kappa shape index (κ2) is 4.24. The highest BCUT2D eigenvalue weighted by atomic mass is 35.5. The Balaban J connectivity index is 1.91. The number of ether oxygens (including phenoxy) is 2. The molecule has 0 bridgehead atoms. The Morgan fingerprint density at radius 3 is 2.52 bits per heavy atom. The first-order valence-electron chi connectivity index (χ1n) is 7.28. The van der Waals surface area contributed by atoms with Crippen LogP contribution < -0.4 is 10.7 Å². The molecule has 1 saturated carbocycles.